The Balaban J connectivity index is 2.07. The normalized spacial score (nSPS) is 10.2. The van der Waals surface area contributed by atoms with Crippen molar-refractivity contribution in [3.8, 4) is 0 Å². The average molecular weight is 347 g/mol. The van der Waals surface area contributed by atoms with E-state index in [1.54, 1.807) is 12.1 Å². The highest BCUT2D eigenvalue weighted by Crippen LogP contribution is 2.21. The molecule has 0 aliphatic heterocycles. The van der Waals surface area contributed by atoms with Crippen molar-refractivity contribution in [1.29, 1.82) is 5.41 Å². The van der Waals surface area contributed by atoms with Crippen molar-refractivity contribution in [1.82, 2.24) is 10.3 Å². The highest BCUT2D eigenvalue weighted by atomic mass is 19.1. The minimum Gasteiger partial charge on any atom is -0.481 e. The van der Waals surface area contributed by atoms with Crippen LogP contribution in [0.25, 0.3) is 0 Å². The van der Waals surface area contributed by atoms with Gasteiger partial charge in [0.05, 0.1) is 25.0 Å². The number of nitrogen functional groups attached to an aromatic ring is 1. The minimum atomic E-state index is -0.574. The molecule has 0 radical (unpaired) electrons. The third kappa shape index (κ3) is 4.64. The molecule has 0 saturated carbocycles. The second-order valence-electron chi connectivity index (χ2n) is 5.05. The second-order valence-corrected chi connectivity index (χ2v) is 5.05. The fourth-order valence-corrected chi connectivity index (χ4v) is 2.15. The zero-order chi connectivity index (χ0) is 18.4. The van der Waals surface area contributed by atoms with Crippen molar-refractivity contribution in [3.05, 3.63) is 53.0 Å². The topological polar surface area (TPSA) is 133 Å². The van der Waals surface area contributed by atoms with Crippen LogP contribution in [0.4, 0.5) is 20.7 Å². The zero-order valence-corrected chi connectivity index (χ0v) is 13.5. The predicted octanol–water partition coefficient (Wildman–Crippen LogP) is 1.59. The number of hydrogen-bond donors (Lipinski definition) is 5. The number of carbonyl (C=O) groups excluding carboxylic acids is 1. The first-order valence-electron chi connectivity index (χ1n) is 7.27. The monoisotopic (exact) mass is 347 g/mol. The van der Waals surface area contributed by atoms with Gasteiger partial charge in [-0.2, -0.15) is 0 Å². The highest BCUT2D eigenvalue weighted by Gasteiger charge is 2.16. The summed E-state index contributed by atoms with van der Waals surface area (Å²) < 4.78 is 17.9. The second kappa shape index (κ2) is 8.06. The lowest BCUT2D eigenvalue weighted by atomic mass is 10.1. The van der Waals surface area contributed by atoms with Gasteiger partial charge >= 0.3 is 6.03 Å². The van der Waals surface area contributed by atoms with Crippen LogP contribution in [0.1, 0.15) is 16.8 Å². The van der Waals surface area contributed by atoms with Crippen LogP contribution in [0.2, 0.25) is 0 Å². The number of halogens is 1. The van der Waals surface area contributed by atoms with E-state index in [1.165, 1.54) is 25.3 Å². The van der Waals surface area contributed by atoms with Gasteiger partial charge in [0.2, 0.25) is 5.90 Å². The third-order valence-electron chi connectivity index (χ3n) is 3.29. The SMILES string of the molecule is COC(=N)c1c(N)cc(NC(=O)NCc2cccc(F)c2)nc1CO. The van der Waals surface area contributed by atoms with E-state index in [9.17, 15) is 14.3 Å². The third-order valence-corrected chi connectivity index (χ3v) is 3.29. The molecule has 2 rings (SSSR count). The number of anilines is 2. The molecule has 0 atom stereocenters. The highest BCUT2D eigenvalue weighted by molar-refractivity contribution is 5.99. The van der Waals surface area contributed by atoms with E-state index >= 15 is 0 Å². The molecule has 0 unspecified atom stereocenters. The van der Waals surface area contributed by atoms with Gasteiger partial charge in [0.15, 0.2) is 0 Å². The lowest BCUT2D eigenvalue weighted by molar-refractivity contribution is 0.251. The van der Waals surface area contributed by atoms with Crippen molar-refractivity contribution in [2.45, 2.75) is 13.2 Å². The van der Waals surface area contributed by atoms with Gasteiger partial charge < -0.3 is 20.9 Å². The number of amides is 2. The lowest BCUT2D eigenvalue weighted by Gasteiger charge is -2.13. The Hall–Kier alpha value is -3.20. The van der Waals surface area contributed by atoms with Crippen molar-refractivity contribution in [2.75, 3.05) is 18.2 Å². The maximum absolute atomic E-state index is 13.1. The van der Waals surface area contributed by atoms with E-state index in [-0.39, 0.29) is 35.2 Å². The van der Waals surface area contributed by atoms with E-state index < -0.39 is 18.5 Å². The van der Waals surface area contributed by atoms with Gasteiger partial charge in [0, 0.05) is 18.3 Å². The summed E-state index contributed by atoms with van der Waals surface area (Å²) in [5.41, 5.74) is 6.84. The number of methoxy groups -OCH3 is 1. The van der Waals surface area contributed by atoms with E-state index in [2.05, 4.69) is 15.6 Å². The number of nitrogens with one attached hydrogen (secondary N) is 3. The van der Waals surface area contributed by atoms with Crippen LogP contribution in [-0.4, -0.2) is 29.1 Å². The summed E-state index contributed by atoms with van der Waals surface area (Å²) in [7, 11) is 1.30. The van der Waals surface area contributed by atoms with Crippen LogP contribution < -0.4 is 16.4 Å². The largest absolute Gasteiger partial charge is 0.481 e. The summed E-state index contributed by atoms with van der Waals surface area (Å²) in [6.45, 7) is -0.357. The number of nitrogens with two attached hydrogens (primary N) is 1. The molecule has 132 valence electrons. The molecule has 8 nitrogen and oxygen atoms in total. The molecular weight excluding hydrogens is 329 g/mol. The van der Waals surface area contributed by atoms with Crippen molar-refractivity contribution in [3.63, 3.8) is 0 Å². The quantitative estimate of drug-likeness (QED) is 0.414. The van der Waals surface area contributed by atoms with Gasteiger partial charge in [-0.1, -0.05) is 12.1 Å². The molecule has 0 aliphatic carbocycles. The van der Waals surface area contributed by atoms with Gasteiger partial charge in [0.1, 0.15) is 11.6 Å². The van der Waals surface area contributed by atoms with E-state index in [4.69, 9.17) is 15.9 Å². The fraction of sp³-hybridized carbons (Fsp3) is 0.188. The van der Waals surface area contributed by atoms with Gasteiger partial charge in [-0.25, -0.2) is 14.2 Å². The summed E-state index contributed by atoms with van der Waals surface area (Å²) in [6.07, 6.45) is 0. The molecule has 9 heteroatoms. The van der Waals surface area contributed by atoms with Crippen LogP contribution in [0.3, 0.4) is 0 Å². The Bertz CT molecular complexity index is 797. The molecule has 1 heterocycles. The lowest BCUT2D eigenvalue weighted by Crippen LogP contribution is -2.29. The van der Waals surface area contributed by atoms with Gasteiger partial charge in [-0.15, -0.1) is 0 Å². The van der Waals surface area contributed by atoms with Gasteiger partial charge in [-0.3, -0.25) is 10.7 Å². The number of pyridine rings is 1. The number of ether oxygens (including phenoxy) is 1. The first-order chi connectivity index (χ1) is 11.9. The number of aliphatic hydroxyl groups excluding tert-OH is 1. The molecule has 0 bridgehead atoms. The number of carbonyl (C=O) groups is 1. The molecular formula is C16H18FN5O3. The van der Waals surface area contributed by atoms with Crippen molar-refractivity contribution < 1.29 is 19.0 Å². The van der Waals surface area contributed by atoms with Crippen LogP contribution in [0, 0.1) is 11.2 Å². The average Bonchev–Trinajstić information content (AvgIpc) is 2.59. The first-order valence-corrected chi connectivity index (χ1v) is 7.27. The van der Waals surface area contributed by atoms with Crippen molar-refractivity contribution >= 4 is 23.4 Å². The smallest absolute Gasteiger partial charge is 0.320 e. The van der Waals surface area contributed by atoms with Gasteiger partial charge in [-0.05, 0) is 17.7 Å². The fourth-order valence-electron chi connectivity index (χ4n) is 2.15. The molecule has 1 aromatic heterocycles. The maximum atomic E-state index is 13.1. The molecule has 2 aromatic rings. The van der Waals surface area contributed by atoms with Crippen LogP contribution >= 0.6 is 0 Å². The Morgan fingerprint density at radius 2 is 2.20 bits per heavy atom. The maximum Gasteiger partial charge on any atom is 0.320 e. The van der Waals surface area contributed by atoms with Crippen LogP contribution in [0.5, 0.6) is 0 Å². The van der Waals surface area contributed by atoms with Gasteiger partial charge in [0.25, 0.3) is 0 Å². The molecule has 2 amide bonds. The Kier molecular flexibility index (Phi) is 5.85. The first kappa shape index (κ1) is 18.1. The predicted molar refractivity (Wildman–Crippen MR) is 90.7 cm³/mol. The molecule has 0 fully saturated rings. The molecule has 6 N–H and O–H groups in total. The number of aliphatic hydroxyl groups is 1. The standard InChI is InChI=1S/C16H18FN5O3/c1-25-15(19)14-11(18)6-13(21-12(14)8-23)22-16(24)20-7-9-3-2-4-10(17)5-9/h2-6,19,23H,7-8H2,1H3,(H4,18,20,21,22,24). The number of rotatable bonds is 5. The molecule has 1 aromatic carbocycles. The number of hydrogen-bond acceptors (Lipinski definition) is 6. The number of urea groups is 1. The molecule has 0 spiro atoms. The summed E-state index contributed by atoms with van der Waals surface area (Å²) >= 11 is 0. The van der Waals surface area contributed by atoms with E-state index in [0.717, 1.165) is 0 Å². The molecule has 25 heavy (non-hydrogen) atoms. The van der Waals surface area contributed by atoms with E-state index in [0.29, 0.717) is 5.56 Å². The number of aromatic nitrogens is 1. The Morgan fingerprint density at radius 1 is 1.44 bits per heavy atom. The Morgan fingerprint density at radius 3 is 2.84 bits per heavy atom. The van der Waals surface area contributed by atoms with Crippen LogP contribution in [0.15, 0.2) is 30.3 Å². The minimum absolute atomic E-state index is 0.103. The Labute approximate surface area is 143 Å². The zero-order valence-electron chi connectivity index (χ0n) is 13.5. The van der Waals surface area contributed by atoms with Crippen molar-refractivity contribution in [2.24, 2.45) is 0 Å². The summed E-state index contributed by atoms with van der Waals surface area (Å²) in [6, 6.07) is 6.62. The van der Waals surface area contributed by atoms with Crippen LogP contribution in [-0.2, 0) is 17.9 Å². The number of benzene rings is 1. The molecule has 0 aliphatic rings. The summed E-state index contributed by atoms with van der Waals surface area (Å²) in [5, 5.41) is 22.1. The summed E-state index contributed by atoms with van der Waals surface area (Å²) in [5.74, 6) is -0.528. The number of nitrogens with zero attached hydrogens (tertiary/aromatic N) is 1. The summed E-state index contributed by atoms with van der Waals surface area (Å²) in [4.78, 5) is 16.0. The molecule has 0 saturated heterocycles. The van der Waals surface area contributed by atoms with E-state index in [1.807, 2.05) is 0 Å².